The normalized spacial score (nSPS) is 26.2. The highest BCUT2D eigenvalue weighted by Crippen LogP contribution is 2.37. The third kappa shape index (κ3) is 5.20. The highest BCUT2D eigenvalue weighted by atomic mass is 19.4. The van der Waals surface area contributed by atoms with Crippen molar-refractivity contribution in [2.24, 2.45) is 5.92 Å². The number of halogens is 3. The maximum atomic E-state index is 13.0. The van der Waals surface area contributed by atoms with Crippen molar-refractivity contribution >= 4 is 17.7 Å². The predicted octanol–water partition coefficient (Wildman–Crippen LogP) is 4.43. The van der Waals surface area contributed by atoms with Gasteiger partial charge in [0.25, 0.3) is 0 Å². The largest absolute Gasteiger partial charge is 0.573 e. The van der Waals surface area contributed by atoms with Crippen molar-refractivity contribution in [3.05, 3.63) is 18.2 Å². The van der Waals surface area contributed by atoms with Crippen molar-refractivity contribution in [1.82, 2.24) is 4.90 Å². The maximum absolute atomic E-state index is 13.0. The van der Waals surface area contributed by atoms with Crippen molar-refractivity contribution < 1.29 is 22.7 Å². The van der Waals surface area contributed by atoms with Gasteiger partial charge in [-0.15, -0.1) is 13.2 Å². The van der Waals surface area contributed by atoms with Crippen molar-refractivity contribution in [2.75, 3.05) is 36.4 Å². The monoisotopic (exact) mass is 425 g/mol. The van der Waals surface area contributed by atoms with Crippen LogP contribution in [0.4, 0.5) is 24.5 Å². The van der Waals surface area contributed by atoms with E-state index < -0.39 is 6.36 Å². The molecule has 166 valence electrons. The summed E-state index contributed by atoms with van der Waals surface area (Å²) < 4.78 is 43.2. The van der Waals surface area contributed by atoms with Gasteiger partial charge < -0.3 is 19.7 Å². The van der Waals surface area contributed by atoms with Gasteiger partial charge >= 0.3 is 6.36 Å². The molecular formula is C22H30F3N3O2. The van der Waals surface area contributed by atoms with Crippen LogP contribution in [-0.4, -0.2) is 55.8 Å². The first-order chi connectivity index (χ1) is 14.4. The van der Waals surface area contributed by atoms with Crippen molar-refractivity contribution in [3.8, 4) is 5.75 Å². The van der Waals surface area contributed by atoms with Crippen LogP contribution in [0.3, 0.4) is 0 Å². The molecule has 1 aromatic carbocycles. The lowest BCUT2D eigenvalue weighted by atomic mass is 9.87. The van der Waals surface area contributed by atoms with E-state index in [1.54, 1.807) is 12.1 Å². The van der Waals surface area contributed by atoms with Crippen LogP contribution >= 0.6 is 0 Å². The lowest BCUT2D eigenvalue weighted by Crippen LogP contribution is -2.52. The Bertz CT molecular complexity index is 723. The van der Waals surface area contributed by atoms with E-state index in [4.69, 9.17) is 0 Å². The summed E-state index contributed by atoms with van der Waals surface area (Å²) in [5.41, 5.74) is 1.29. The minimum absolute atomic E-state index is 0.133. The second kappa shape index (κ2) is 9.04. The number of alkyl halides is 3. The fourth-order valence-corrected chi connectivity index (χ4v) is 4.78. The molecule has 1 saturated heterocycles. The number of carbonyl (C=O) groups is 1. The highest BCUT2D eigenvalue weighted by Gasteiger charge is 2.34. The summed E-state index contributed by atoms with van der Waals surface area (Å²) in [7, 11) is 0. The molecule has 0 unspecified atom stereocenters. The average molecular weight is 425 g/mol. The molecule has 0 aromatic heterocycles. The molecule has 0 amide bonds. The predicted molar refractivity (Wildman–Crippen MR) is 110 cm³/mol. The van der Waals surface area contributed by atoms with Crippen molar-refractivity contribution in [1.29, 1.82) is 0 Å². The van der Waals surface area contributed by atoms with Gasteiger partial charge in [-0.2, -0.15) is 0 Å². The summed E-state index contributed by atoms with van der Waals surface area (Å²) in [5, 5.41) is 3.45. The number of nitrogens with zero attached hydrogens (tertiary/aromatic N) is 2. The van der Waals surface area contributed by atoms with Gasteiger partial charge in [-0.05, 0) is 56.7 Å². The molecule has 5 nitrogen and oxygen atoms in total. The van der Waals surface area contributed by atoms with Crippen LogP contribution in [0.5, 0.6) is 5.75 Å². The maximum Gasteiger partial charge on any atom is 0.573 e. The second-order valence-electron chi connectivity index (χ2n) is 8.73. The Balaban J connectivity index is 1.46. The van der Waals surface area contributed by atoms with Crippen LogP contribution in [0.25, 0.3) is 0 Å². The number of ether oxygens (including phenoxy) is 1. The third-order valence-corrected chi connectivity index (χ3v) is 6.77. The lowest BCUT2D eigenvalue weighted by Gasteiger charge is -2.43. The summed E-state index contributed by atoms with van der Waals surface area (Å²) in [6.07, 6.45) is 3.53. The van der Waals surface area contributed by atoms with Crippen LogP contribution in [0.1, 0.15) is 44.9 Å². The Morgan fingerprint density at radius 3 is 2.27 bits per heavy atom. The van der Waals surface area contributed by atoms with Crippen LogP contribution in [0.15, 0.2) is 18.2 Å². The van der Waals surface area contributed by atoms with Crippen LogP contribution < -0.4 is 15.0 Å². The zero-order valence-corrected chi connectivity index (χ0v) is 17.2. The minimum atomic E-state index is -4.72. The van der Waals surface area contributed by atoms with E-state index in [0.29, 0.717) is 24.8 Å². The number of rotatable bonds is 6. The van der Waals surface area contributed by atoms with Gasteiger partial charge in [0.2, 0.25) is 0 Å². The van der Waals surface area contributed by atoms with Gasteiger partial charge in [-0.3, -0.25) is 4.90 Å². The number of aldehydes is 1. The fraction of sp³-hybridized carbons (Fsp3) is 0.682. The van der Waals surface area contributed by atoms with E-state index in [0.717, 1.165) is 50.7 Å². The van der Waals surface area contributed by atoms with Gasteiger partial charge in [-0.1, -0.05) is 6.42 Å². The smallest absolute Gasteiger partial charge is 0.404 e. The Kier molecular flexibility index (Phi) is 6.41. The zero-order chi connectivity index (χ0) is 21.1. The van der Waals surface area contributed by atoms with Gasteiger partial charge in [0.05, 0.1) is 5.69 Å². The molecule has 2 saturated carbocycles. The van der Waals surface area contributed by atoms with Crippen LogP contribution in [0.2, 0.25) is 0 Å². The Morgan fingerprint density at radius 2 is 1.70 bits per heavy atom. The molecule has 0 atom stereocenters. The second-order valence-corrected chi connectivity index (χ2v) is 8.73. The number of benzene rings is 1. The molecule has 8 heteroatoms. The van der Waals surface area contributed by atoms with Gasteiger partial charge in [-0.25, -0.2) is 0 Å². The summed E-state index contributed by atoms with van der Waals surface area (Å²) in [4.78, 5) is 15.4. The molecule has 3 fully saturated rings. The molecule has 1 aliphatic heterocycles. The van der Waals surface area contributed by atoms with E-state index in [1.807, 2.05) is 4.90 Å². The fourth-order valence-electron chi connectivity index (χ4n) is 4.78. The minimum Gasteiger partial charge on any atom is -0.404 e. The first-order valence-corrected chi connectivity index (χ1v) is 11.0. The molecular weight excluding hydrogens is 395 g/mol. The summed E-state index contributed by atoms with van der Waals surface area (Å²) >= 11 is 0. The SMILES string of the molecule is O=CC1CCC(Nc2ccc(OC(F)(F)F)c(N3CCN(C4CCC4)CC3)c2)CC1. The van der Waals surface area contributed by atoms with Gasteiger partial charge in [0.1, 0.15) is 6.29 Å². The molecule has 1 N–H and O–H groups in total. The third-order valence-electron chi connectivity index (χ3n) is 6.77. The number of piperazine rings is 1. The van der Waals surface area contributed by atoms with Gasteiger partial charge in [0.15, 0.2) is 5.75 Å². The molecule has 0 bridgehead atoms. The van der Waals surface area contributed by atoms with Gasteiger partial charge in [0, 0.05) is 49.9 Å². The van der Waals surface area contributed by atoms with Crippen molar-refractivity contribution in [2.45, 2.75) is 63.4 Å². The standard InChI is InChI=1S/C22H30F3N3O2/c23-22(24,25)30-21-9-8-18(26-17-6-4-16(15-29)5-7-17)14-20(21)28-12-10-27(11-13-28)19-2-1-3-19/h8-9,14-17,19,26H,1-7,10-13H2. The highest BCUT2D eigenvalue weighted by molar-refractivity contribution is 5.67. The quantitative estimate of drug-likeness (QED) is 0.684. The Morgan fingerprint density at radius 1 is 1.00 bits per heavy atom. The van der Waals surface area contributed by atoms with E-state index >= 15 is 0 Å². The molecule has 4 rings (SSSR count). The Labute approximate surface area is 175 Å². The number of anilines is 2. The number of carbonyl (C=O) groups excluding carboxylic acids is 1. The first-order valence-electron chi connectivity index (χ1n) is 11.0. The average Bonchev–Trinajstić information content (AvgIpc) is 2.68. The number of hydrogen-bond donors (Lipinski definition) is 1. The molecule has 1 heterocycles. The van der Waals surface area contributed by atoms with E-state index in [9.17, 15) is 18.0 Å². The first kappa shape index (κ1) is 21.3. The lowest BCUT2D eigenvalue weighted by molar-refractivity contribution is -0.274. The molecule has 3 aliphatic rings. The molecule has 0 radical (unpaired) electrons. The topological polar surface area (TPSA) is 44.8 Å². The van der Waals surface area contributed by atoms with E-state index in [1.165, 1.54) is 25.3 Å². The summed E-state index contributed by atoms with van der Waals surface area (Å²) in [6, 6.07) is 5.74. The van der Waals surface area contributed by atoms with E-state index in [2.05, 4.69) is 15.0 Å². The zero-order valence-electron chi connectivity index (χ0n) is 17.2. The van der Waals surface area contributed by atoms with Crippen molar-refractivity contribution in [3.63, 3.8) is 0 Å². The molecule has 1 aromatic rings. The summed E-state index contributed by atoms with van der Waals surface area (Å²) in [5.74, 6) is -0.0112. The van der Waals surface area contributed by atoms with Crippen LogP contribution in [0, 0.1) is 5.92 Å². The number of hydrogen-bond acceptors (Lipinski definition) is 5. The van der Waals surface area contributed by atoms with E-state index in [-0.39, 0.29) is 17.7 Å². The number of nitrogens with one attached hydrogen (secondary N) is 1. The molecule has 2 aliphatic carbocycles. The van der Waals surface area contributed by atoms with Crippen LogP contribution in [-0.2, 0) is 4.79 Å². The molecule has 0 spiro atoms. The Hall–Kier alpha value is -1.96. The molecule has 30 heavy (non-hydrogen) atoms. The summed E-state index contributed by atoms with van der Waals surface area (Å²) in [6.45, 7) is 3.12.